The molecule has 1 aromatic carbocycles. The Hall–Kier alpha value is -1.55. The van der Waals surface area contributed by atoms with E-state index in [0.29, 0.717) is 24.1 Å². The Morgan fingerprint density at radius 2 is 1.83 bits per heavy atom. The van der Waals surface area contributed by atoms with Crippen LogP contribution in [0.3, 0.4) is 0 Å². The zero-order valence-electron chi connectivity index (χ0n) is 10.2. The van der Waals surface area contributed by atoms with E-state index in [1.54, 1.807) is 12.1 Å². The highest BCUT2D eigenvalue weighted by Crippen LogP contribution is 2.37. The van der Waals surface area contributed by atoms with Gasteiger partial charge in [0.1, 0.15) is 0 Å². The van der Waals surface area contributed by atoms with Gasteiger partial charge in [-0.15, -0.1) is 0 Å². The number of anilines is 1. The highest BCUT2D eigenvalue weighted by Gasteiger charge is 2.43. The van der Waals surface area contributed by atoms with Gasteiger partial charge in [0.2, 0.25) is 0 Å². The molecule has 3 rings (SSSR count). The van der Waals surface area contributed by atoms with Gasteiger partial charge in [0, 0.05) is 17.8 Å². The van der Waals surface area contributed by atoms with Crippen LogP contribution in [0, 0.1) is 0 Å². The largest absolute Gasteiger partial charge is 0.398 e. The molecule has 2 bridgehead atoms. The summed E-state index contributed by atoms with van der Waals surface area (Å²) in [6.45, 7) is 0. The molecular formula is C14H18N2O2. The van der Waals surface area contributed by atoms with Gasteiger partial charge < -0.3 is 15.7 Å². The fourth-order valence-corrected chi connectivity index (χ4v) is 3.31. The minimum Gasteiger partial charge on any atom is -0.398 e. The Labute approximate surface area is 106 Å². The molecule has 96 valence electrons. The summed E-state index contributed by atoms with van der Waals surface area (Å²) in [6, 6.07) is 7.58. The summed E-state index contributed by atoms with van der Waals surface area (Å²) in [7, 11) is 0. The number of benzene rings is 1. The van der Waals surface area contributed by atoms with Crippen LogP contribution in [-0.2, 0) is 0 Å². The van der Waals surface area contributed by atoms with E-state index >= 15 is 0 Å². The van der Waals surface area contributed by atoms with E-state index in [-0.39, 0.29) is 24.1 Å². The Balaban J connectivity index is 1.88. The van der Waals surface area contributed by atoms with E-state index < -0.39 is 0 Å². The number of nitrogens with two attached hydrogens (primary N) is 1. The first-order valence-corrected chi connectivity index (χ1v) is 6.52. The first kappa shape index (κ1) is 11.5. The molecule has 2 saturated heterocycles. The monoisotopic (exact) mass is 246 g/mol. The number of amides is 1. The normalized spacial score (nSPS) is 30.5. The van der Waals surface area contributed by atoms with Crippen molar-refractivity contribution in [1.29, 1.82) is 0 Å². The Bertz CT molecular complexity index is 461. The van der Waals surface area contributed by atoms with Gasteiger partial charge in [-0.2, -0.15) is 0 Å². The van der Waals surface area contributed by atoms with Crippen molar-refractivity contribution in [3.63, 3.8) is 0 Å². The second-order valence-corrected chi connectivity index (χ2v) is 5.31. The molecule has 2 atom stereocenters. The number of carbonyl (C=O) groups excluding carboxylic acids is 1. The molecule has 2 unspecified atom stereocenters. The van der Waals surface area contributed by atoms with Crippen molar-refractivity contribution in [2.24, 2.45) is 0 Å². The summed E-state index contributed by atoms with van der Waals surface area (Å²) in [6.07, 6.45) is 3.16. The molecule has 2 aliphatic heterocycles. The molecule has 18 heavy (non-hydrogen) atoms. The predicted octanol–water partition coefficient (Wildman–Crippen LogP) is 1.40. The highest BCUT2D eigenvalue weighted by molar-refractivity contribution is 5.99. The molecule has 1 amide bonds. The minimum absolute atomic E-state index is 0.0208. The van der Waals surface area contributed by atoms with Crippen LogP contribution in [-0.4, -0.2) is 34.1 Å². The van der Waals surface area contributed by atoms with Gasteiger partial charge in [0.15, 0.2) is 0 Å². The molecule has 2 heterocycles. The lowest BCUT2D eigenvalue weighted by atomic mass is 9.98. The lowest BCUT2D eigenvalue weighted by Crippen LogP contribution is -2.48. The zero-order chi connectivity index (χ0) is 12.7. The molecule has 0 aromatic heterocycles. The number of carbonyl (C=O) groups is 1. The Morgan fingerprint density at radius 3 is 2.44 bits per heavy atom. The summed E-state index contributed by atoms with van der Waals surface area (Å²) < 4.78 is 0. The topological polar surface area (TPSA) is 66.6 Å². The number of rotatable bonds is 1. The fourth-order valence-electron chi connectivity index (χ4n) is 3.31. The van der Waals surface area contributed by atoms with Crippen molar-refractivity contribution in [3.05, 3.63) is 29.8 Å². The maximum Gasteiger partial charge on any atom is 0.256 e. The lowest BCUT2D eigenvalue weighted by Gasteiger charge is -2.37. The van der Waals surface area contributed by atoms with E-state index in [2.05, 4.69) is 0 Å². The highest BCUT2D eigenvalue weighted by atomic mass is 16.3. The van der Waals surface area contributed by atoms with Gasteiger partial charge in [0.25, 0.3) is 5.91 Å². The molecule has 0 aliphatic carbocycles. The van der Waals surface area contributed by atoms with Crippen LogP contribution < -0.4 is 5.73 Å². The van der Waals surface area contributed by atoms with Crippen molar-refractivity contribution >= 4 is 11.6 Å². The molecule has 1 aromatic rings. The van der Waals surface area contributed by atoms with Crippen molar-refractivity contribution in [2.75, 3.05) is 5.73 Å². The molecule has 0 spiro atoms. The van der Waals surface area contributed by atoms with Crippen LogP contribution >= 0.6 is 0 Å². The van der Waals surface area contributed by atoms with Crippen LogP contribution in [0.5, 0.6) is 0 Å². The van der Waals surface area contributed by atoms with Gasteiger partial charge in [-0.3, -0.25) is 4.79 Å². The third kappa shape index (κ3) is 1.77. The molecular weight excluding hydrogens is 228 g/mol. The average molecular weight is 246 g/mol. The second-order valence-electron chi connectivity index (χ2n) is 5.31. The number of hydrogen-bond acceptors (Lipinski definition) is 3. The van der Waals surface area contributed by atoms with E-state index in [0.717, 1.165) is 12.8 Å². The quantitative estimate of drug-likeness (QED) is 0.736. The van der Waals surface area contributed by atoms with E-state index in [1.165, 1.54) is 0 Å². The second kappa shape index (κ2) is 4.28. The third-order valence-electron chi connectivity index (χ3n) is 4.13. The van der Waals surface area contributed by atoms with Crippen molar-refractivity contribution in [1.82, 2.24) is 4.90 Å². The minimum atomic E-state index is -0.250. The van der Waals surface area contributed by atoms with Crippen LogP contribution in [0.4, 0.5) is 5.69 Å². The Morgan fingerprint density at radius 1 is 1.22 bits per heavy atom. The summed E-state index contributed by atoms with van der Waals surface area (Å²) in [5.74, 6) is 0.0208. The number of nitrogen functional groups attached to an aromatic ring is 1. The maximum atomic E-state index is 12.6. The van der Waals surface area contributed by atoms with Gasteiger partial charge in [-0.1, -0.05) is 12.1 Å². The van der Waals surface area contributed by atoms with Crippen molar-refractivity contribution in [3.8, 4) is 0 Å². The summed E-state index contributed by atoms with van der Waals surface area (Å²) >= 11 is 0. The van der Waals surface area contributed by atoms with Gasteiger partial charge >= 0.3 is 0 Å². The van der Waals surface area contributed by atoms with Crippen molar-refractivity contribution in [2.45, 2.75) is 43.9 Å². The molecule has 2 fully saturated rings. The standard InChI is InChI=1S/C14H18N2O2/c15-13-4-2-1-3-12(13)14(18)16-9-5-6-10(16)8-11(17)7-9/h1-4,9-11,17H,5-8,15H2. The van der Waals surface area contributed by atoms with Crippen LogP contribution in [0.2, 0.25) is 0 Å². The van der Waals surface area contributed by atoms with E-state index in [1.807, 2.05) is 17.0 Å². The van der Waals surface area contributed by atoms with Gasteiger partial charge in [-0.25, -0.2) is 0 Å². The molecule has 4 nitrogen and oxygen atoms in total. The number of hydrogen-bond donors (Lipinski definition) is 2. The fraction of sp³-hybridized carbons (Fsp3) is 0.500. The number of aliphatic hydroxyl groups excluding tert-OH is 1. The third-order valence-corrected chi connectivity index (χ3v) is 4.13. The van der Waals surface area contributed by atoms with E-state index in [4.69, 9.17) is 5.73 Å². The number of piperidine rings is 1. The molecule has 4 heteroatoms. The van der Waals surface area contributed by atoms with E-state index in [9.17, 15) is 9.90 Å². The van der Waals surface area contributed by atoms with Crippen LogP contribution in [0.1, 0.15) is 36.0 Å². The molecule has 0 radical (unpaired) electrons. The smallest absolute Gasteiger partial charge is 0.256 e. The average Bonchev–Trinajstić information content (AvgIpc) is 2.61. The summed E-state index contributed by atoms with van der Waals surface area (Å²) in [5, 5.41) is 9.75. The molecule has 3 N–H and O–H groups in total. The lowest BCUT2D eigenvalue weighted by molar-refractivity contribution is 0.0288. The van der Waals surface area contributed by atoms with Crippen LogP contribution in [0.25, 0.3) is 0 Å². The number of aliphatic hydroxyl groups is 1. The molecule has 0 saturated carbocycles. The Kier molecular flexibility index (Phi) is 2.74. The number of nitrogens with zero attached hydrogens (tertiary/aromatic N) is 1. The maximum absolute atomic E-state index is 12.6. The van der Waals surface area contributed by atoms with Gasteiger partial charge in [-0.05, 0) is 37.8 Å². The predicted molar refractivity (Wildman–Crippen MR) is 69.1 cm³/mol. The summed E-state index contributed by atoms with van der Waals surface area (Å²) in [4.78, 5) is 14.5. The van der Waals surface area contributed by atoms with Gasteiger partial charge in [0.05, 0.1) is 11.7 Å². The SMILES string of the molecule is Nc1ccccc1C(=O)N1C2CCC1CC(O)C2. The summed E-state index contributed by atoms with van der Waals surface area (Å²) in [5.41, 5.74) is 6.99. The van der Waals surface area contributed by atoms with Crippen molar-refractivity contribution < 1.29 is 9.90 Å². The van der Waals surface area contributed by atoms with Crippen LogP contribution in [0.15, 0.2) is 24.3 Å². The first-order valence-electron chi connectivity index (χ1n) is 6.52. The number of fused-ring (bicyclic) bond motifs is 2. The zero-order valence-corrected chi connectivity index (χ0v) is 10.2. The molecule has 2 aliphatic rings. The first-order chi connectivity index (χ1) is 8.66. The number of para-hydroxylation sites is 1.